The minimum atomic E-state index is -5.42. The molecule has 0 saturated carbocycles. The van der Waals surface area contributed by atoms with Crippen molar-refractivity contribution in [1.29, 1.82) is 0 Å². The average molecular weight is 430 g/mol. The Morgan fingerprint density at radius 2 is 1.54 bits per heavy atom. The average Bonchev–Trinajstić information content (AvgIpc) is 2.32. The Labute approximate surface area is 220 Å². The van der Waals surface area contributed by atoms with Crippen LogP contribution in [0.1, 0.15) is 0 Å². The van der Waals surface area contributed by atoms with Crippen molar-refractivity contribution < 1.29 is 147 Å². The third kappa shape index (κ3) is 6.91. The van der Waals surface area contributed by atoms with E-state index in [1.807, 2.05) is 0 Å². The van der Waals surface area contributed by atoms with Gasteiger partial charge in [-0.25, -0.2) is 21.6 Å². The van der Waals surface area contributed by atoms with Crippen molar-refractivity contribution in [2.75, 3.05) is 0 Å². The molecule has 0 aliphatic rings. The summed E-state index contributed by atoms with van der Waals surface area (Å²) in [5.74, 6) is -3.54. The van der Waals surface area contributed by atoms with E-state index in [2.05, 4.69) is 12.8 Å². The second kappa shape index (κ2) is 9.22. The normalized spacial score (nSPS) is 11.2. The second-order valence-electron chi connectivity index (χ2n) is 3.71. The molecule has 11 nitrogen and oxygen atoms in total. The topological polar surface area (TPSA) is 183 Å². The minimum Gasteiger partial charge on any atom is -0.716 e. The van der Waals surface area contributed by atoms with Gasteiger partial charge < -0.3 is 27.0 Å². The van der Waals surface area contributed by atoms with Crippen LogP contribution in [0.25, 0.3) is 11.0 Å². The van der Waals surface area contributed by atoms with Crippen LogP contribution in [0.4, 0.5) is 0 Å². The Bertz CT molecular complexity index is 1010. The Morgan fingerprint density at radius 1 is 1.00 bits per heavy atom. The predicted octanol–water partition coefficient (Wildman–Crippen LogP) is -6.82. The Morgan fingerprint density at radius 3 is 2.04 bits per heavy atom. The van der Waals surface area contributed by atoms with Crippen molar-refractivity contribution in [2.24, 2.45) is 0 Å². The maximum Gasteiger partial charge on any atom is 1.00 e. The van der Waals surface area contributed by atoms with Crippen molar-refractivity contribution >= 4 is 31.8 Å². The van der Waals surface area contributed by atoms with Crippen LogP contribution in [-0.4, -0.2) is 31.0 Å². The van der Waals surface area contributed by atoms with E-state index in [-0.39, 0.29) is 108 Å². The van der Waals surface area contributed by atoms with Gasteiger partial charge in [0.25, 0.3) is 20.8 Å². The van der Waals surface area contributed by atoms with Crippen molar-refractivity contribution in [3.8, 4) is 17.2 Å². The molecule has 24 heavy (non-hydrogen) atoms. The monoisotopic (exact) mass is 430 g/mol. The number of hydrogen-bond donors (Lipinski definition) is 1. The third-order valence-corrected chi connectivity index (χ3v) is 2.94. The molecule has 0 bridgehead atoms. The van der Waals surface area contributed by atoms with Crippen LogP contribution in [0, 0.1) is 0 Å². The van der Waals surface area contributed by atoms with Crippen LogP contribution in [0.3, 0.4) is 0 Å². The predicted molar refractivity (Wildman–Crippen MR) is 64.8 cm³/mol. The summed E-state index contributed by atoms with van der Waals surface area (Å²) in [6, 6.07) is 2.65. The van der Waals surface area contributed by atoms with Gasteiger partial charge in [0.1, 0.15) is 0 Å². The molecule has 0 spiro atoms. The Kier molecular flexibility index (Phi) is 9.58. The van der Waals surface area contributed by atoms with Crippen molar-refractivity contribution in [1.82, 2.24) is 0 Å². The number of phenolic OH excluding ortho intramolecular Hbond substituents is 1. The van der Waals surface area contributed by atoms with Crippen LogP contribution in [0.2, 0.25) is 0 Å². The SMILES string of the molecule is O=c1ccc2cc(OS(=O)(=O)[O-])c(O)c(OS(=O)(=O)[O-])c2o1.[K+].[K+]. The van der Waals surface area contributed by atoms with Gasteiger partial charge in [-0.1, -0.05) is 0 Å². The molecule has 0 radical (unpaired) electrons. The van der Waals surface area contributed by atoms with Gasteiger partial charge in [0.2, 0.25) is 11.5 Å². The smallest absolute Gasteiger partial charge is 0.716 e. The summed E-state index contributed by atoms with van der Waals surface area (Å²) in [5, 5.41) is 9.50. The van der Waals surface area contributed by atoms with Gasteiger partial charge >= 0.3 is 108 Å². The van der Waals surface area contributed by atoms with Gasteiger partial charge in [-0.05, 0) is 12.1 Å². The molecule has 0 amide bonds. The van der Waals surface area contributed by atoms with Crippen molar-refractivity contribution in [2.45, 2.75) is 0 Å². The molecule has 1 aromatic heterocycles. The van der Waals surface area contributed by atoms with Crippen LogP contribution < -0.4 is 117 Å². The van der Waals surface area contributed by atoms with Gasteiger partial charge in [-0.3, -0.25) is 0 Å². The summed E-state index contributed by atoms with van der Waals surface area (Å²) in [7, 11) is -10.7. The number of benzene rings is 1. The molecule has 0 fully saturated rings. The van der Waals surface area contributed by atoms with E-state index in [0.29, 0.717) is 0 Å². The van der Waals surface area contributed by atoms with Gasteiger partial charge in [-0.15, -0.1) is 0 Å². The molecule has 1 N–H and O–H groups in total. The number of rotatable bonds is 4. The van der Waals surface area contributed by atoms with E-state index in [9.17, 15) is 35.8 Å². The Hall–Kier alpha value is 0.923. The molecular formula is C9H4K2O11S2. The van der Waals surface area contributed by atoms with Crippen LogP contribution in [0.5, 0.6) is 17.2 Å². The van der Waals surface area contributed by atoms with Crippen LogP contribution in [0.15, 0.2) is 27.4 Å². The minimum absolute atomic E-state index is 0. The summed E-state index contributed by atoms with van der Waals surface area (Å²) in [6.07, 6.45) is 0. The van der Waals surface area contributed by atoms with E-state index < -0.39 is 49.3 Å². The summed E-state index contributed by atoms with van der Waals surface area (Å²) in [4.78, 5) is 11.1. The first kappa shape index (κ1) is 24.9. The van der Waals surface area contributed by atoms with E-state index in [0.717, 1.165) is 18.2 Å². The standard InChI is InChI=1S/C9H6O11S2.2K/c10-6-2-1-4-3-5(19-21(12,13)14)7(11)9(8(4)18-6)20-22(15,16)17;;/h1-3,11H,(H,12,13,14)(H,15,16,17);;/q;2*+1/p-2. The number of phenols is 1. The van der Waals surface area contributed by atoms with E-state index >= 15 is 0 Å². The molecule has 2 rings (SSSR count). The van der Waals surface area contributed by atoms with Gasteiger partial charge in [0, 0.05) is 11.5 Å². The molecule has 1 aromatic carbocycles. The molecule has 0 unspecified atom stereocenters. The number of hydrogen-bond acceptors (Lipinski definition) is 11. The molecule has 0 saturated heterocycles. The molecule has 0 aliphatic carbocycles. The summed E-state index contributed by atoms with van der Waals surface area (Å²) in [6.45, 7) is 0. The zero-order chi connectivity index (χ0) is 16.7. The van der Waals surface area contributed by atoms with E-state index in [1.165, 1.54) is 0 Å². The number of aromatic hydroxyl groups is 1. The fourth-order valence-corrected chi connectivity index (χ4v) is 2.21. The van der Waals surface area contributed by atoms with E-state index in [1.54, 1.807) is 0 Å². The van der Waals surface area contributed by atoms with Gasteiger partial charge in [0.05, 0.1) is 0 Å². The second-order valence-corrected chi connectivity index (χ2v) is 5.67. The fourth-order valence-electron chi connectivity index (χ4n) is 1.50. The molecule has 15 heteroatoms. The van der Waals surface area contributed by atoms with Crippen molar-refractivity contribution in [3.05, 3.63) is 28.6 Å². The molecule has 120 valence electrons. The van der Waals surface area contributed by atoms with Crippen molar-refractivity contribution in [3.63, 3.8) is 0 Å². The zero-order valence-electron chi connectivity index (χ0n) is 12.1. The van der Waals surface area contributed by atoms with Gasteiger partial charge in [0.15, 0.2) is 11.3 Å². The molecule has 0 atom stereocenters. The molecule has 2 aromatic rings. The first-order valence-electron chi connectivity index (χ1n) is 5.07. The summed E-state index contributed by atoms with van der Waals surface area (Å²) in [5.41, 5.74) is -1.65. The van der Waals surface area contributed by atoms with Crippen LogP contribution in [-0.2, 0) is 20.8 Å². The molecule has 0 aliphatic heterocycles. The zero-order valence-corrected chi connectivity index (χ0v) is 20.0. The molecule has 1 heterocycles. The maximum atomic E-state index is 11.1. The summed E-state index contributed by atoms with van der Waals surface area (Å²) < 4.78 is 76.0. The number of fused-ring (bicyclic) bond motifs is 1. The fraction of sp³-hybridized carbons (Fsp3) is 0. The van der Waals surface area contributed by atoms with Crippen LogP contribution >= 0.6 is 0 Å². The van der Waals surface area contributed by atoms with E-state index in [4.69, 9.17) is 0 Å². The third-order valence-electron chi connectivity index (χ3n) is 2.18. The maximum absolute atomic E-state index is 11.1. The first-order chi connectivity index (χ1) is 9.96. The summed E-state index contributed by atoms with van der Waals surface area (Å²) >= 11 is 0. The molecular weight excluding hydrogens is 426 g/mol. The first-order valence-corrected chi connectivity index (χ1v) is 7.73. The Balaban J connectivity index is 0.00000264. The van der Waals surface area contributed by atoms with Gasteiger partial charge in [-0.2, -0.15) is 0 Å². The quantitative estimate of drug-likeness (QED) is 0.210. The largest absolute Gasteiger partial charge is 1.00 e.